The molecule has 8 heteroatoms. The van der Waals surface area contributed by atoms with Gasteiger partial charge in [0.2, 0.25) is 21.1 Å². The molecule has 0 bridgehead atoms. The predicted octanol–water partition coefficient (Wildman–Crippen LogP) is 15.2. The Morgan fingerprint density at radius 3 is 1.10 bits per heavy atom. The Morgan fingerprint density at radius 1 is 0.472 bits per heavy atom. The molecule has 6 rings (SSSR count). The van der Waals surface area contributed by atoms with E-state index in [1.807, 2.05) is 59.6 Å². The normalized spacial score (nSPS) is 22.8. The minimum Gasteiger partial charge on any atom is -0.0530 e. The van der Waals surface area contributed by atoms with Gasteiger partial charge in [-0.2, -0.15) is 0 Å². The van der Waals surface area contributed by atoms with Crippen LogP contribution in [0.2, 0.25) is 0 Å². The fraction of sp³-hybridized carbons (Fsp3) is 0.562. The maximum atomic E-state index is 13.3. The van der Waals surface area contributed by atoms with E-state index in [-0.39, 0.29) is 69.4 Å². The van der Waals surface area contributed by atoms with Gasteiger partial charge in [-0.3, -0.25) is 4.79 Å². The second-order valence-electron chi connectivity index (χ2n) is 28.6. The molecule has 4 unspecified atom stereocenters. The molecule has 0 amide bonds. The van der Waals surface area contributed by atoms with Crippen molar-refractivity contribution in [3.63, 3.8) is 0 Å². The van der Waals surface area contributed by atoms with Crippen LogP contribution in [-0.4, -0.2) is 38.3 Å². The molecule has 4 heterocycles. The zero-order chi connectivity index (χ0) is 54.9. The molecule has 392 valence electrons. The quantitative estimate of drug-likeness (QED) is 0.172. The van der Waals surface area contributed by atoms with Gasteiger partial charge in [0.1, 0.15) is 0 Å². The summed E-state index contributed by atoms with van der Waals surface area (Å²) in [7, 11) is 0. The molecule has 2 aliphatic heterocycles. The first-order valence-electron chi connectivity index (χ1n) is 25.9. The molecule has 2 aliphatic carbocycles. The number of allylic oxidation sites excluding steroid dienone is 10. The van der Waals surface area contributed by atoms with Gasteiger partial charge in [-0.1, -0.05) is 149 Å². The number of carbonyl (C=O) groups excluding carboxylic acids is 2. The second-order valence-corrected chi connectivity index (χ2v) is 33.1. The molecule has 72 heavy (non-hydrogen) atoms. The molecule has 2 aromatic rings. The van der Waals surface area contributed by atoms with Gasteiger partial charge in [0.05, 0.1) is 0 Å². The minimum atomic E-state index is -1.05. The van der Waals surface area contributed by atoms with Crippen LogP contribution in [0.25, 0.3) is 12.2 Å². The fourth-order valence-corrected chi connectivity index (χ4v) is 13.0. The van der Waals surface area contributed by atoms with E-state index >= 15 is 0 Å². The molecule has 2 saturated carbocycles. The zero-order valence-corrected chi connectivity index (χ0v) is 51.8. The number of hydrogen-bond acceptors (Lipinski definition) is 6. The number of rotatable bonds is 4. The van der Waals surface area contributed by atoms with Crippen molar-refractivity contribution in [2.45, 2.75) is 200 Å². The summed E-state index contributed by atoms with van der Waals surface area (Å²) in [6.45, 7) is 52.5. The Labute approximate surface area is 450 Å². The molecule has 0 radical (unpaired) electrons. The molecule has 2 aromatic heterocycles. The molecule has 4 atom stereocenters. The average molecular weight is 1080 g/mol. The van der Waals surface area contributed by atoms with Crippen molar-refractivity contribution in [1.29, 1.82) is 0 Å². The van der Waals surface area contributed by atoms with E-state index in [0.29, 0.717) is 11.1 Å². The summed E-state index contributed by atoms with van der Waals surface area (Å²) in [5.74, 6) is 0.338. The summed E-state index contributed by atoms with van der Waals surface area (Å²) in [5, 5.41) is 26.5. The van der Waals surface area contributed by atoms with E-state index in [1.54, 1.807) is 0 Å². The molecule has 5 nitrogen and oxygen atoms in total. The number of carbonyl (C=O) groups is 2. The van der Waals surface area contributed by atoms with Crippen molar-refractivity contribution in [2.75, 3.05) is 0 Å². The third-order valence-electron chi connectivity index (χ3n) is 13.0. The summed E-state index contributed by atoms with van der Waals surface area (Å²) in [4.78, 5) is 31.5. The Hall–Kier alpha value is -3.23. The third kappa shape index (κ3) is 14.6. The summed E-state index contributed by atoms with van der Waals surface area (Å²) in [5.41, 5.74) is 4.35. The number of ether oxygens (including phenoxy) is 1. The van der Waals surface area contributed by atoms with Crippen molar-refractivity contribution in [3.8, 4) is 0 Å². The summed E-state index contributed by atoms with van der Waals surface area (Å²) < 4.78 is 9.01. The van der Waals surface area contributed by atoms with E-state index in [9.17, 15) is 19.8 Å². The first-order valence-corrected chi connectivity index (χ1v) is 29.2. The van der Waals surface area contributed by atoms with Gasteiger partial charge in [-0.25, -0.2) is 0 Å². The molecule has 0 saturated heterocycles. The van der Waals surface area contributed by atoms with Gasteiger partial charge in [-0.15, -0.1) is 0 Å². The fourth-order valence-electron chi connectivity index (χ4n) is 7.94. The third-order valence-corrected chi connectivity index (χ3v) is 20.8. The maximum absolute atomic E-state index is 13.3. The van der Waals surface area contributed by atoms with Gasteiger partial charge >= 0.3 is 184 Å². The van der Waals surface area contributed by atoms with E-state index in [0.717, 1.165) is 33.8 Å². The molecule has 4 aliphatic rings. The molecule has 0 aromatic carbocycles. The Bertz CT molecular complexity index is 2390. The first-order chi connectivity index (χ1) is 32.3. The van der Waals surface area contributed by atoms with Crippen molar-refractivity contribution in [3.05, 3.63) is 134 Å². The molecule has 0 N–H and O–H groups in total. The van der Waals surface area contributed by atoms with E-state index in [2.05, 4.69) is 203 Å². The molecular weight excluding hydrogens is 992 g/mol. The van der Waals surface area contributed by atoms with Crippen LogP contribution >= 0.6 is 23.1 Å². The van der Waals surface area contributed by atoms with Crippen molar-refractivity contribution >= 4 is 61.3 Å². The topological polar surface area (TPSA) is 89.5 Å². The molecule has 2 fully saturated rings. The SMILES string of the molecule is CC(C)(C)C1=CC(=CC2C(=O)C(=Cc3cc(C(C)(C)C)[s+]c(C(C)(C)C)c3)C2[O-])C=C(C(C)(C)C)S1.CC(C)(C)C1=CC(=CC2C(=O)C(=Cc3cc(C(C)(C)C)[se+]c(C(C)(C)C)c3)C2[O-])C=C(C(C)(C)C)O1. The van der Waals surface area contributed by atoms with E-state index in [4.69, 9.17) is 4.74 Å². The van der Waals surface area contributed by atoms with Crippen molar-refractivity contribution in [1.82, 2.24) is 0 Å². The number of hydrogen-bond donors (Lipinski definition) is 0. The monoisotopic (exact) mass is 1080 g/mol. The van der Waals surface area contributed by atoms with Crippen LogP contribution in [0.4, 0.5) is 0 Å². The van der Waals surface area contributed by atoms with E-state index in [1.165, 1.54) is 28.4 Å². The smallest absolute Gasteiger partial charge is 0.0530 e. The molecular formula is C64H88O5S2Se. The van der Waals surface area contributed by atoms with Crippen LogP contribution in [-0.2, 0) is 36.0 Å². The van der Waals surface area contributed by atoms with Gasteiger partial charge < -0.3 is 5.11 Å². The average Bonchev–Trinajstić information content (AvgIpc) is 3.23. The van der Waals surface area contributed by atoms with Gasteiger partial charge in [0.15, 0.2) is 5.78 Å². The van der Waals surface area contributed by atoms with Crippen LogP contribution in [0.15, 0.2) is 104 Å². The number of ketones is 2. The van der Waals surface area contributed by atoms with Crippen LogP contribution < -0.4 is 10.2 Å². The molecule has 0 spiro atoms. The predicted molar refractivity (Wildman–Crippen MR) is 307 cm³/mol. The first kappa shape index (κ1) is 59.6. The number of Topliss-reactive ketones (excluding diaryl/α,β-unsaturated/α-hetero) is 2. The second kappa shape index (κ2) is 20.7. The van der Waals surface area contributed by atoms with Crippen LogP contribution in [0.3, 0.4) is 0 Å². The van der Waals surface area contributed by atoms with Gasteiger partial charge in [0, 0.05) is 28.9 Å². The van der Waals surface area contributed by atoms with Crippen LogP contribution in [0.5, 0.6) is 0 Å². The number of thioether (sulfide) groups is 1. The Kier molecular flexibility index (Phi) is 17.2. The van der Waals surface area contributed by atoms with E-state index < -0.39 is 24.0 Å². The summed E-state index contributed by atoms with van der Waals surface area (Å²) in [6.07, 6.45) is 13.6. The van der Waals surface area contributed by atoms with Crippen LogP contribution in [0.1, 0.15) is 196 Å². The minimum absolute atomic E-state index is 0.000186. The standard InChI is InChI=1S/C32H44O3Se.C32H44O2S2/c2*1-29(2,3)23-15-19(16-24(35-23)30(4,5)6)13-21-27(33)22(28(21)34)14-20-17-25(31(7,8)9)36-26(18-20)32(10,11)12/h2*13-18,21,27H,1-12H3. The summed E-state index contributed by atoms with van der Waals surface area (Å²) in [6, 6.07) is 8.69. The zero-order valence-electron chi connectivity index (χ0n) is 48.5. The van der Waals surface area contributed by atoms with Gasteiger partial charge in [0.25, 0.3) is 0 Å². The summed E-state index contributed by atoms with van der Waals surface area (Å²) >= 11 is 3.90. The van der Waals surface area contributed by atoms with Crippen molar-refractivity contribution < 1.29 is 24.5 Å². The van der Waals surface area contributed by atoms with Gasteiger partial charge in [-0.05, 0) is 55.6 Å². The van der Waals surface area contributed by atoms with Crippen molar-refractivity contribution in [2.24, 2.45) is 33.5 Å². The van der Waals surface area contributed by atoms with Crippen LogP contribution in [0, 0.1) is 33.5 Å². The Morgan fingerprint density at radius 2 is 0.806 bits per heavy atom. The Balaban J connectivity index is 0.000000267.